The first-order valence-electron chi connectivity index (χ1n) is 12.9. The van der Waals surface area contributed by atoms with Gasteiger partial charge in [0, 0.05) is 20.1 Å². The van der Waals surface area contributed by atoms with E-state index in [1.165, 1.54) is 0 Å². The third-order valence-corrected chi connectivity index (χ3v) is 7.18. The molecule has 34 heavy (non-hydrogen) atoms. The molecule has 1 aliphatic carbocycles. The maximum atomic E-state index is 13.5. The van der Waals surface area contributed by atoms with Crippen molar-refractivity contribution in [3.05, 3.63) is 36.0 Å². The number of rotatable bonds is 10. The maximum Gasteiger partial charge on any atom is 0.335 e. The summed E-state index contributed by atoms with van der Waals surface area (Å²) in [7, 11) is 1.98. The predicted octanol–water partition coefficient (Wildman–Crippen LogP) is 5.82. The van der Waals surface area contributed by atoms with E-state index in [1.54, 1.807) is 18.2 Å². The van der Waals surface area contributed by atoms with Crippen molar-refractivity contribution in [3.8, 4) is 0 Å². The summed E-state index contributed by atoms with van der Waals surface area (Å²) in [5, 5.41) is 9.32. The molecule has 0 atom stereocenters. The van der Waals surface area contributed by atoms with Crippen LogP contribution in [0.25, 0.3) is 0 Å². The van der Waals surface area contributed by atoms with Crippen LogP contribution in [-0.4, -0.2) is 58.4 Å². The molecule has 0 bridgehead atoms. The first-order chi connectivity index (χ1) is 16.1. The lowest BCUT2D eigenvalue weighted by molar-refractivity contribution is -0.132. The molecule has 2 aliphatic rings. The maximum absolute atomic E-state index is 13.5. The quantitative estimate of drug-likeness (QED) is 0.322. The molecule has 1 N–H and O–H groups in total. The molecule has 1 amide bonds. The van der Waals surface area contributed by atoms with Gasteiger partial charge >= 0.3 is 5.97 Å². The number of carboxylic acid groups (broad SMARTS) is 1. The fraction of sp³-hybridized carbons (Fsp3) is 0.679. The van der Waals surface area contributed by atoms with Crippen molar-refractivity contribution in [1.82, 2.24) is 9.80 Å². The molecule has 6 nitrogen and oxygen atoms in total. The van der Waals surface area contributed by atoms with Gasteiger partial charge in [0.2, 0.25) is 0 Å². The van der Waals surface area contributed by atoms with E-state index >= 15 is 0 Å². The van der Waals surface area contributed by atoms with Crippen molar-refractivity contribution in [2.75, 3.05) is 20.1 Å². The molecule has 1 aliphatic heterocycles. The minimum absolute atomic E-state index is 0.0360. The Kier molecular flexibility index (Phi) is 10.1. The highest BCUT2D eigenvalue weighted by Crippen LogP contribution is 2.46. The lowest BCUT2D eigenvalue weighted by atomic mass is 9.69. The van der Waals surface area contributed by atoms with Gasteiger partial charge in [-0.3, -0.25) is 4.79 Å². The summed E-state index contributed by atoms with van der Waals surface area (Å²) in [6.07, 6.45) is 16.3. The molecule has 1 heterocycles. The fourth-order valence-corrected chi connectivity index (χ4v) is 4.92. The second-order valence-corrected chi connectivity index (χ2v) is 10.7. The smallest absolute Gasteiger partial charge is 0.335 e. The van der Waals surface area contributed by atoms with Crippen LogP contribution >= 0.6 is 0 Å². The Morgan fingerprint density at radius 1 is 1.24 bits per heavy atom. The van der Waals surface area contributed by atoms with Gasteiger partial charge in [0.05, 0.1) is 5.57 Å². The summed E-state index contributed by atoms with van der Waals surface area (Å²) >= 11 is 0. The van der Waals surface area contributed by atoms with Crippen LogP contribution in [0, 0.1) is 11.3 Å². The van der Waals surface area contributed by atoms with Crippen LogP contribution < -0.4 is 0 Å². The van der Waals surface area contributed by atoms with Crippen LogP contribution in [-0.2, 0) is 9.59 Å². The number of carboxylic acids is 1. The van der Waals surface area contributed by atoms with E-state index in [1.807, 2.05) is 35.9 Å². The average Bonchev–Trinajstić information content (AvgIpc) is 3.04. The van der Waals surface area contributed by atoms with Gasteiger partial charge in [-0.05, 0) is 62.4 Å². The van der Waals surface area contributed by atoms with E-state index in [2.05, 4.69) is 27.7 Å². The van der Waals surface area contributed by atoms with Gasteiger partial charge in [-0.1, -0.05) is 65.3 Å². The Labute approximate surface area is 206 Å². The number of amides is 1. The second-order valence-electron chi connectivity index (χ2n) is 10.7. The number of nitrogens with zero attached hydrogens (tertiary/aromatic N) is 3. The van der Waals surface area contributed by atoms with Crippen molar-refractivity contribution in [2.24, 2.45) is 16.3 Å². The topological polar surface area (TPSA) is 73.2 Å². The molecular formula is C28H45N3O3. The summed E-state index contributed by atoms with van der Waals surface area (Å²) in [5.41, 5.74) is 0.0901. The number of aliphatic carboxylic acids is 1. The summed E-state index contributed by atoms with van der Waals surface area (Å²) in [4.78, 5) is 34.0. The third-order valence-electron chi connectivity index (χ3n) is 7.18. The molecule has 190 valence electrons. The van der Waals surface area contributed by atoms with Crippen molar-refractivity contribution in [2.45, 2.75) is 91.6 Å². The summed E-state index contributed by atoms with van der Waals surface area (Å²) < 4.78 is 0. The molecule has 0 aromatic rings. The molecule has 1 spiro atoms. The van der Waals surface area contributed by atoms with Crippen molar-refractivity contribution in [3.63, 3.8) is 0 Å². The Morgan fingerprint density at radius 2 is 1.91 bits per heavy atom. The van der Waals surface area contributed by atoms with Crippen molar-refractivity contribution in [1.29, 1.82) is 0 Å². The van der Waals surface area contributed by atoms with E-state index < -0.39 is 11.6 Å². The van der Waals surface area contributed by atoms with Crippen LogP contribution in [0.2, 0.25) is 0 Å². The van der Waals surface area contributed by atoms with Crippen LogP contribution in [0.4, 0.5) is 0 Å². The zero-order valence-electron chi connectivity index (χ0n) is 22.1. The van der Waals surface area contributed by atoms with Gasteiger partial charge in [-0.15, -0.1) is 0 Å². The Balaban J connectivity index is 2.16. The monoisotopic (exact) mass is 471 g/mol. The number of hydrogen-bond acceptors (Lipinski definition) is 4. The molecule has 2 rings (SSSR count). The van der Waals surface area contributed by atoms with Gasteiger partial charge in [0.15, 0.2) is 5.84 Å². The van der Waals surface area contributed by atoms with Crippen molar-refractivity contribution >= 4 is 17.7 Å². The molecule has 0 unspecified atom stereocenters. The average molecular weight is 472 g/mol. The highest BCUT2D eigenvalue weighted by atomic mass is 16.4. The number of allylic oxidation sites excluding steroid dienone is 3. The Morgan fingerprint density at radius 3 is 2.47 bits per heavy atom. The molecule has 0 saturated heterocycles. The first kappa shape index (κ1) is 27.9. The number of amidine groups is 1. The molecule has 1 saturated carbocycles. The van der Waals surface area contributed by atoms with Gasteiger partial charge in [-0.2, -0.15) is 0 Å². The van der Waals surface area contributed by atoms with Crippen LogP contribution in [0.5, 0.6) is 0 Å². The van der Waals surface area contributed by atoms with Gasteiger partial charge < -0.3 is 14.9 Å². The molecule has 6 heteroatoms. The first-order valence-corrected chi connectivity index (χ1v) is 12.9. The normalized spacial score (nSPS) is 24.0. The third kappa shape index (κ3) is 7.07. The standard InChI is InChI=1S/C28H45N3O3/c1-7-9-14-22(26(33)34)15-12-11-13-21-31-25(32)24(30(6)20-10-8-2)29-28(31)18-16-23(17-19-28)27(3,4)5/h9,11-12,14-15,23H,7-8,10,13,16-21H2,1-6H3,(H,33,34)/b12-11+,14-9-,22-15+. The number of likely N-dealkylation sites (N-methyl/N-ethyl adjacent to an activating group) is 1. The largest absolute Gasteiger partial charge is 0.478 e. The number of carbonyl (C=O) groups excluding carboxylic acids is 1. The number of aliphatic imine (C=N–C) groups is 1. The zero-order valence-corrected chi connectivity index (χ0v) is 22.1. The SMILES string of the molecule is CC\C=C/C(=C\C=C\CCN1C(=O)C(N(C)CCCC)=NC12CCC(C(C)(C)C)CC2)C(=O)O. The van der Waals surface area contributed by atoms with Gasteiger partial charge in [0.1, 0.15) is 5.66 Å². The lowest BCUT2D eigenvalue weighted by Gasteiger charge is -2.44. The minimum atomic E-state index is -0.938. The van der Waals surface area contributed by atoms with E-state index in [0.717, 1.165) is 51.5 Å². The highest BCUT2D eigenvalue weighted by molar-refractivity contribution is 6.39. The summed E-state index contributed by atoms with van der Waals surface area (Å²) in [6.45, 7) is 12.5. The molecule has 0 aromatic heterocycles. The van der Waals surface area contributed by atoms with E-state index in [9.17, 15) is 14.7 Å². The Bertz CT molecular complexity index is 824. The number of carbonyl (C=O) groups is 2. The molecule has 0 radical (unpaired) electrons. The fourth-order valence-electron chi connectivity index (χ4n) is 4.92. The van der Waals surface area contributed by atoms with E-state index in [0.29, 0.717) is 24.7 Å². The van der Waals surface area contributed by atoms with E-state index in [-0.39, 0.29) is 16.9 Å². The summed E-state index contributed by atoms with van der Waals surface area (Å²) in [5.74, 6) is 0.341. The molecule has 0 aromatic carbocycles. The van der Waals surface area contributed by atoms with E-state index in [4.69, 9.17) is 4.99 Å². The molecular weight excluding hydrogens is 426 g/mol. The van der Waals surface area contributed by atoms with Crippen LogP contribution in [0.1, 0.15) is 86.0 Å². The highest BCUT2D eigenvalue weighted by Gasteiger charge is 2.50. The predicted molar refractivity (Wildman–Crippen MR) is 140 cm³/mol. The number of hydrogen-bond donors (Lipinski definition) is 1. The minimum Gasteiger partial charge on any atom is -0.478 e. The van der Waals surface area contributed by atoms with Crippen LogP contribution in [0.3, 0.4) is 0 Å². The Hall–Kier alpha value is -2.37. The zero-order chi connectivity index (χ0) is 25.4. The lowest BCUT2D eigenvalue weighted by Crippen LogP contribution is -2.50. The molecule has 1 fully saturated rings. The van der Waals surface area contributed by atoms with Gasteiger partial charge in [0.25, 0.3) is 5.91 Å². The van der Waals surface area contributed by atoms with Gasteiger partial charge in [-0.25, -0.2) is 9.79 Å². The number of unbranched alkanes of at least 4 members (excludes halogenated alkanes) is 1. The summed E-state index contributed by atoms with van der Waals surface area (Å²) in [6, 6.07) is 0. The van der Waals surface area contributed by atoms with Crippen molar-refractivity contribution < 1.29 is 14.7 Å². The second kappa shape index (κ2) is 12.4. The van der Waals surface area contributed by atoms with Crippen LogP contribution in [0.15, 0.2) is 40.9 Å².